The molecule has 5 rings (SSSR count). The van der Waals surface area contributed by atoms with Gasteiger partial charge in [0.2, 0.25) is 0 Å². The largest absolute Gasteiger partial charge is 0.373 e. The Morgan fingerprint density at radius 2 is 1.72 bits per heavy atom. The van der Waals surface area contributed by atoms with Gasteiger partial charge in [0.25, 0.3) is 0 Å². The number of likely N-dealkylation sites (tertiary alicyclic amines) is 1. The van der Waals surface area contributed by atoms with Crippen LogP contribution in [-0.2, 0) is 10.3 Å². The van der Waals surface area contributed by atoms with Crippen LogP contribution < -0.4 is 10.2 Å². The minimum atomic E-state index is -0.595. The van der Waals surface area contributed by atoms with Crippen molar-refractivity contribution in [1.29, 1.82) is 0 Å². The Hall–Kier alpha value is -3.17. The van der Waals surface area contributed by atoms with Crippen molar-refractivity contribution in [3.05, 3.63) is 54.1 Å². The van der Waals surface area contributed by atoms with E-state index in [0.29, 0.717) is 24.7 Å². The topological polar surface area (TPSA) is 65.3 Å². The second-order valence-corrected chi connectivity index (χ2v) is 11.4. The van der Waals surface area contributed by atoms with Crippen LogP contribution in [0.2, 0.25) is 0 Å². The summed E-state index contributed by atoms with van der Waals surface area (Å²) in [6.45, 7) is 12.9. The molecule has 0 saturated carbocycles. The first-order valence-corrected chi connectivity index (χ1v) is 14.1. The van der Waals surface area contributed by atoms with Gasteiger partial charge in [0, 0.05) is 82.0 Å². The number of urea groups is 1. The highest BCUT2D eigenvalue weighted by Crippen LogP contribution is 2.39. The number of carbonyl (C=O) groups excluding carboxylic acids is 1. The third-order valence-corrected chi connectivity index (χ3v) is 8.33. The monoisotopic (exact) mass is 536 g/mol. The Labute approximate surface area is 230 Å². The minimum absolute atomic E-state index is 0.0132. The Bertz CT molecular complexity index is 1310. The van der Waals surface area contributed by atoms with Crippen molar-refractivity contribution in [1.82, 2.24) is 24.7 Å². The van der Waals surface area contributed by atoms with Gasteiger partial charge in [0.05, 0.1) is 16.8 Å². The van der Waals surface area contributed by atoms with Crippen LogP contribution in [0, 0.1) is 5.82 Å². The lowest BCUT2D eigenvalue weighted by molar-refractivity contribution is -0.0690. The smallest absolute Gasteiger partial charge is 0.317 e. The predicted molar refractivity (Wildman–Crippen MR) is 153 cm³/mol. The van der Waals surface area contributed by atoms with E-state index in [-0.39, 0.29) is 17.9 Å². The first-order chi connectivity index (χ1) is 18.7. The van der Waals surface area contributed by atoms with E-state index < -0.39 is 5.60 Å². The molecule has 0 spiro atoms. The lowest BCUT2D eigenvalue weighted by Gasteiger charge is -2.42. The summed E-state index contributed by atoms with van der Waals surface area (Å²) in [5.74, 6) is -0.230. The maximum atomic E-state index is 15.7. The van der Waals surface area contributed by atoms with Crippen LogP contribution in [0.5, 0.6) is 0 Å². The van der Waals surface area contributed by atoms with Crippen LogP contribution in [0.15, 0.2) is 42.7 Å². The molecule has 0 aliphatic carbocycles. The van der Waals surface area contributed by atoms with E-state index in [1.807, 2.05) is 47.7 Å². The summed E-state index contributed by atoms with van der Waals surface area (Å²) < 4.78 is 23.5. The Balaban J connectivity index is 1.35. The van der Waals surface area contributed by atoms with Crippen LogP contribution in [0.25, 0.3) is 16.6 Å². The number of aromatic nitrogens is 2. The summed E-state index contributed by atoms with van der Waals surface area (Å²) in [5, 5.41) is 7.49. The maximum Gasteiger partial charge on any atom is 0.317 e. The van der Waals surface area contributed by atoms with Gasteiger partial charge in [-0.05, 0) is 64.3 Å². The molecule has 0 radical (unpaired) electrons. The van der Waals surface area contributed by atoms with E-state index in [9.17, 15) is 4.79 Å². The number of carbonyl (C=O) groups is 1. The van der Waals surface area contributed by atoms with Crippen molar-refractivity contribution in [3.63, 3.8) is 0 Å². The summed E-state index contributed by atoms with van der Waals surface area (Å²) in [4.78, 5) is 19.0. The van der Waals surface area contributed by atoms with Gasteiger partial charge >= 0.3 is 6.03 Å². The van der Waals surface area contributed by atoms with Crippen molar-refractivity contribution >= 4 is 17.2 Å². The quantitative estimate of drug-likeness (QED) is 0.494. The molecule has 210 valence electrons. The average molecular weight is 537 g/mol. The van der Waals surface area contributed by atoms with Crippen molar-refractivity contribution in [2.75, 3.05) is 51.3 Å². The Morgan fingerprint density at radius 1 is 1.00 bits per heavy atom. The third-order valence-electron chi connectivity index (χ3n) is 8.33. The van der Waals surface area contributed by atoms with E-state index in [4.69, 9.17) is 4.74 Å². The number of halogens is 1. The molecule has 0 atom stereocenters. The number of hydrogen-bond donors (Lipinski definition) is 1. The van der Waals surface area contributed by atoms with Crippen molar-refractivity contribution < 1.29 is 13.9 Å². The molecular formula is C30H41FN6O2. The number of piperidine rings is 1. The summed E-state index contributed by atoms with van der Waals surface area (Å²) in [6.07, 6.45) is 5.29. The second kappa shape index (κ2) is 11.1. The molecule has 9 heteroatoms. The van der Waals surface area contributed by atoms with Crippen LogP contribution in [0.4, 0.5) is 14.9 Å². The number of ether oxygens (including phenoxy) is 1. The fourth-order valence-corrected chi connectivity index (χ4v) is 5.96. The average Bonchev–Trinajstić information content (AvgIpc) is 3.37. The normalized spacial score (nSPS) is 18.4. The number of amides is 2. The van der Waals surface area contributed by atoms with Gasteiger partial charge in [-0.25, -0.2) is 13.7 Å². The van der Waals surface area contributed by atoms with Gasteiger partial charge in [-0.15, -0.1) is 0 Å². The number of nitrogens with one attached hydrogen (secondary N) is 1. The SMILES string of the molecule is COC1(c2ccc(-c3cc4c(N5CCN(C(=O)NC(C)C)CC5)ccnn4c3)cc2F)CCN(C(C)C)CC1. The lowest BCUT2D eigenvalue weighted by Crippen LogP contribution is -2.53. The summed E-state index contributed by atoms with van der Waals surface area (Å²) in [5.41, 5.74) is 3.80. The van der Waals surface area contributed by atoms with Gasteiger partial charge in [-0.3, -0.25) is 0 Å². The fourth-order valence-electron chi connectivity index (χ4n) is 5.96. The Kier molecular flexibility index (Phi) is 7.82. The van der Waals surface area contributed by atoms with Gasteiger partial charge in [0.1, 0.15) is 5.82 Å². The highest BCUT2D eigenvalue weighted by Gasteiger charge is 2.39. The number of piperazine rings is 1. The molecule has 1 N–H and O–H groups in total. The molecule has 2 aliphatic rings. The molecule has 8 nitrogen and oxygen atoms in total. The van der Waals surface area contributed by atoms with E-state index in [2.05, 4.69) is 40.1 Å². The number of hydrogen-bond acceptors (Lipinski definition) is 5. The fraction of sp³-hybridized carbons (Fsp3) is 0.533. The second-order valence-electron chi connectivity index (χ2n) is 11.4. The van der Waals surface area contributed by atoms with Crippen molar-refractivity contribution in [3.8, 4) is 11.1 Å². The number of methoxy groups -OCH3 is 1. The van der Waals surface area contributed by atoms with Gasteiger partial charge < -0.3 is 24.8 Å². The van der Waals surface area contributed by atoms with Crippen LogP contribution >= 0.6 is 0 Å². The van der Waals surface area contributed by atoms with Crippen LogP contribution in [0.1, 0.15) is 46.1 Å². The molecule has 3 aromatic rings. The summed E-state index contributed by atoms with van der Waals surface area (Å²) >= 11 is 0. The molecule has 0 unspecified atom stereocenters. The Morgan fingerprint density at radius 3 is 2.33 bits per heavy atom. The highest BCUT2D eigenvalue weighted by molar-refractivity contribution is 5.80. The molecule has 2 amide bonds. The molecule has 2 aliphatic heterocycles. The molecule has 4 heterocycles. The zero-order valence-electron chi connectivity index (χ0n) is 23.8. The molecule has 2 saturated heterocycles. The third kappa shape index (κ3) is 5.47. The summed E-state index contributed by atoms with van der Waals surface area (Å²) in [6, 6.07) is 10.2. The zero-order chi connectivity index (χ0) is 27.7. The number of rotatable bonds is 6. The minimum Gasteiger partial charge on any atom is -0.373 e. The molecule has 39 heavy (non-hydrogen) atoms. The molecule has 0 bridgehead atoms. The molecule has 2 aromatic heterocycles. The van der Waals surface area contributed by atoms with Gasteiger partial charge in [-0.1, -0.05) is 12.1 Å². The lowest BCUT2D eigenvalue weighted by atomic mass is 9.82. The first kappa shape index (κ1) is 27.4. The molecule has 2 fully saturated rings. The van der Waals surface area contributed by atoms with E-state index >= 15 is 4.39 Å². The highest BCUT2D eigenvalue weighted by atomic mass is 19.1. The molecule has 1 aromatic carbocycles. The van der Waals surface area contributed by atoms with Gasteiger partial charge in [0.15, 0.2) is 0 Å². The number of benzene rings is 1. The standard InChI is InChI=1S/C30H41FN6O2/c1-21(2)33-29(38)36-16-14-35(15-17-36)27-8-11-32-37-20-24(19-28(27)37)23-6-7-25(26(31)18-23)30(39-5)9-12-34(13-10-30)22(3)4/h6-8,11,18-22H,9-10,12-17H2,1-5H3,(H,33,38). The van der Waals surface area contributed by atoms with E-state index in [0.717, 1.165) is 61.4 Å². The maximum absolute atomic E-state index is 15.7. The molecular weight excluding hydrogens is 495 g/mol. The zero-order valence-corrected chi connectivity index (χ0v) is 23.8. The summed E-state index contributed by atoms with van der Waals surface area (Å²) in [7, 11) is 1.70. The number of nitrogens with zero attached hydrogens (tertiary/aromatic N) is 5. The van der Waals surface area contributed by atoms with Crippen LogP contribution in [-0.4, -0.2) is 83.9 Å². The van der Waals surface area contributed by atoms with Crippen molar-refractivity contribution in [2.24, 2.45) is 0 Å². The number of fused-ring (bicyclic) bond motifs is 1. The van der Waals surface area contributed by atoms with E-state index in [1.165, 1.54) is 0 Å². The predicted octanol–water partition coefficient (Wildman–Crippen LogP) is 4.73. The number of anilines is 1. The first-order valence-electron chi connectivity index (χ1n) is 14.1. The van der Waals surface area contributed by atoms with Gasteiger partial charge in [-0.2, -0.15) is 5.10 Å². The van der Waals surface area contributed by atoms with Crippen LogP contribution in [0.3, 0.4) is 0 Å². The van der Waals surface area contributed by atoms with E-state index in [1.54, 1.807) is 19.4 Å². The van der Waals surface area contributed by atoms with Crippen molar-refractivity contribution in [2.45, 2.75) is 58.2 Å².